The highest BCUT2D eigenvalue weighted by Gasteiger charge is 2.21. The van der Waals surface area contributed by atoms with Gasteiger partial charge < -0.3 is 10.4 Å². The second-order valence-electron chi connectivity index (χ2n) is 4.80. The van der Waals surface area contributed by atoms with Gasteiger partial charge in [-0.25, -0.2) is 0 Å². The minimum atomic E-state index is -0.877. The summed E-state index contributed by atoms with van der Waals surface area (Å²) in [4.78, 5) is 22.8. The van der Waals surface area contributed by atoms with Crippen molar-refractivity contribution in [3.05, 3.63) is 34.3 Å². The average molecular weight is 328 g/mol. The van der Waals surface area contributed by atoms with Crippen molar-refractivity contribution < 1.29 is 14.7 Å². The standard InChI is InChI=1S/C14H18BrNO3/c1-9(2)12(14(18)19)8-16-13(17)7-10-4-3-5-11(15)6-10/h3-6,9,12H,7-8H2,1-2H3,(H,16,17)(H,18,19). The minimum Gasteiger partial charge on any atom is -0.481 e. The van der Waals surface area contributed by atoms with Crippen LogP contribution >= 0.6 is 15.9 Å². The zero-order chi connectivity index (χ0) is 14.4. The quantitative estimate of drug-likeness (QED) is 0.843. The second kappa shape index (κ2) is 7.28. The molecule has 1 aromatic rings. The Kier molecular flexibility index (Phi) is 6.02. The van der Waals surface area contributed by atoms with Gasteiger partial charge in [0.2, 0.25) is 5.91 Å². The van der Waals surface area contributed by atoms with Crippen LogP contribution in [0.3, 0.4) is 0 Å². The molecule has 1 amide bonds. The number of halogens is 1. The highest BCUT2D eigenvalue weighted by molar-refractivity contribution is 9.10. The molecule has 104 valence electrons. The number of benzene rings is 1. The third-order valence-corrected chi connectivity index (χ3v) is 3.39. The highest BCUT2D eigenvalue weighted by atomic mass is 79.9. The van der Waals surface area contributed by atoms with Crippen LogP contribution in [0, 0.1) is 11.8 Å². The molecule has 2 N–H and O–H groups in total. The van der Waals surface area contributed by atoms with Crippen LogP contribution in [0.2, 0.25) is 0 Å². The van der Waals surface area contributed by atoms with Gasteiger partial charge in [0, 0.05) is 11.0 Å². The van der Waals surface area contributed by atoms with Gasteiger partial charge in [-0.05, 0) is 23.6 Å². The number of carboxylic acids is 1. The fourth-order valence-corrected chi connectivity index (χ4v) is 2.17. The van der Waals surface area contributed by atoms with E-state index in [9.17, 15) is 9.59 Å². The monoisotopic (exact) mass is 327 g/mol. The average Bonchev–Trinajstić information content (AvgIpc) is 2.27. The molecule has 0 saturated heterocycles. The largest absolute Gasteiger partial charge is 0.481 e. The van der Waals surface area contributed by atoms with Gasteiger partial charge in [0.1, 0.15) is 0 Å². The number of nitrogens with one attached hydrogen (secondary N) is 1. The van der Waals surface area contributed by atoms with Crippen LogP contribution in [0.25, 0.3) is 0 Å². The third kappa shape index (κ3) is 5.42. The Bertz CT molecular complexity index is 460. The van der Waals surface area contributed by atoms with E-state index in [1.807, 2.05) is 38.1 Å². The normalized spacial score (nSPS) is 12.2. The SMILES string of the molecule is CC(C)C(CNC(=O)Cc1cccc(Br)c1)C(=O)O. The Morgan fingerprint density at radius 3 is 2.58 bits per heavy atom. The molecule has 19 heavy (non-hydrogen) atoms. The molecule has 0 aliphatic heterocycles. The number of rotatable bonds is 6. The van der Waals surface area contributed by atoms with Gasteiger partial charge in [-0.2, -0.15) is 0 Å². The smallest absolute Gasteiger partial charge is 0.308 e. The Morgan fingerprint density at radius 2 is 2.05 bits per heavy atom. The lowest BCUT2D eigenvalue weighted by molar-refractivity contribution is -0.143. The molecule has 0 spiro atoms. The zero-order valence-electron chi connectivity index (χ0n) is 11.0. The number of aliphatic carboxylic acids is 1. The first-order valence-corrected chi connectivity index (χ1v) is 6.93. The molecular formula is C14H18BrNO3. The predicted octanol–water partition coefficient (Wildman–Crippen LogP) is 2.46. The van der Waals surface area contributed by atoms with Gasteiger partial charge in [-0.1, -0.05) is 41.9 Å². The maximum Gasteiger partial charge on any atom is 0.308 e. The van der Waals surface area contributed by atoms with Crippen molar-refractivity contribution in [2.45, 2.75) is 20.3 Å². The van der Waals surface area contributed by atoms with E-state index in [1.54, 1.807) is 0 Å². The van der Waals surface area contributed by atoms with Crippen LogP contribution in [-0.4, -0.2) is 23.5 Å². The molecule has 0 radical (unpaired) electrons. The summed E-state index contributed by atoms with van der Waals surface area (Å²) in [5, 5.41) is 11.7. The third-order valence-electron chi connectivity index (χ3n) is 2.89. The molecule has 0 aliphatic rings. The molecule has 0 aliphatic carbocycles. The molecule has 4 nitrogen and oxygen atoms in total. The number of amides is 1. The fraction of sp³-hybridized carbons (Fsp3) is 0.429. The Balaban J connectivity index is 2.50. The van der Waals surface area contributed by atoms with Crippen LogP contribution < -0.4 is 5.32 Å². The summed E-state index contributed by atoms with van der Waals surface area (Å²) in [5.74, 6) is -1.60. The summed E-state index contributed by atoms with van der Waals surface area (Å²) < 4.78 is 0.920. The van der Waals surface area contributed by atoms with Crippen LogP contribution in [0.1, 0.15) is 19.4 Å². The zero-order valence-corrected chi connectivity index (χ0v) is 12.6. The summed E-state index contributed by atoms with van der Waals surface area (Å²) in [6.45, 7) is 3.83. The van der Waals surface area contributed by atoms with E-state index in [4.69, 9.17) is 5.11 Å². The molecule has 1 aromatic carbocycles. The minimum absolute atomic E-state index is 0.0105. The summed E-state index contributed by atoms with van der Waals surface area (Å²) in [7, 11) is 0. The van der Waals surface area contributed by atoms with Crippen molar-refractivity contribution in [2.75, 3.05) is 6.54 Å². The van der Waals surface area contributed by atoms with Crippen molar-refractivity contribution in [1.82, 2.24) is 5.32 Å². The van der Waals surface area contributed by atoms with Gasteiger partial charge in [-0.3, -0.25) is 9.59 Å². The maximum atomic E-state index is 11.8. The van der Waals surface area contributed by atoms with Crippen LogP contribution in [0.15, 0.2) is 28.7 Å². The van der Waals surface area contributed by atoms with Crippen LogP contribution in [-0.2, 0) is 16.0 Å². The number of carbonyl (C=O) groups excluding carboxylic acids is 1. The highest BCUT2D eigenvalue weighted by Crippen LogP contribution is 2.12. The molecule has 5 heteroatoms. The molecular weight excluding hydrogens is 310 g/mol. The van der Waals surface area contributed by atoms with E-state index in [2.05, 4.69) is 21.2 Å². The van der Waals surface area contributed by atoms with Crippen molar-refractivity contribution in [3.8, 4) is 0 Å². The predicted molar refractivity (Wildman–Crippen MR) is 76.8 cm³/mol. The molecule has 0 saturated carbocycles. The van der Waals surface area contributed by atoms with Crippen molar-refractivity contribution in [3.63, 3.8) is 0 Å². The van der Waals surface area contributed by atoms with E-state index in [0.717, 1.165) is 10.0 Å². The summed E-state index contributed by atoms with van der Waals surface area (Å²) >= 11 is 3.34. The number of carboxylic acid groups (broad SMARTS) is 1. The van der Waals surface area contributed by atoms with E-state index in [1.165, 1.54) is 0 Å². The van der Waals surface area contributed by atoms with Gasteiger partial charge >= 0.3 is 5.97 Å². The topological polar surface area (TPSA) is 66.4 Å². The molecule has 0 fully saturated rings. The number of hydrogen-bond donors (Lipinski definition) is 2. The molecule has 1 unspecified atom stereocenters. The fourth-order valence-electron chi connectivity index (χ4n) is 1.73. The number of hydrogen-bond acceptors (Lipinski definition) is 2. The Labute approximate surface area is 121 Å². The van der Waals surface area contributed by atoms with Crippen LogP contribution in [0.5, 0.6) is 0 Å². The molecule has 0 bridgehead atoms. The van der Waals surface area contributed by atoms with E-state index in [0.29, 0.717) is 0 Å². The lowest BCUT2D eigenvalue weighted by Crippen LogP contribution is -2.36. The lowest BCUT2D eigenvalue weighted by Gasteiger charge is -2.16. The van der Waals surface area contributed by atoms with Gasteiger partial charge in [-0.15, -0.1) is 0 Å². The van der Waals surface area contributed by atoms with E-state index >= 15 is 0 Å². The van der Waals surface area contributed by atoms with Gasteiger partial charge in [0.15, 0.2) is 0 Å². The van der Waals surface area contributed by atoms with Crippen molar-refractivity contribution in [1.29, 1.82) is 0 Å². The summed E-state index contributed by atoms with van der Waals surface area (Å²) in [6.07, 6.45) is 0.254. The first-order chi connectivity index (χ1) is 8.90. The van der Waals surface area contributed by atoms with E-state index < -0.39 is 11.9 Å². The Morgan fingerprint density at radius 1 is 1.37 bits per heavy atom. The maximum absolute atomic E-state index is 11.8. The second-order valence-corrected chi connectivity index (χ2v) is 5.72. The summed E-state index contributed by atoms with van der Waals surface area (Å²) in [6, 6.07) is 7.49. The molecule has 0 aromatic heterocycles. The Hall–Kier alpha value is -1.36. The van der Waals surface area contributed by atoms with Gasteiger partial charge in [0.25, 0.3) is 0 Å². The molecule has 1 rings (SSSR count). The van der Waals surface area contributed by atoms with Crippen LogP contribution in [0.4, 0.5) is 0 Å². The first kappa shape index (κ1) is 15.7. The lowest BCUT2D eigenvalue weighted by atomic mass is 9.96. The first-order valence-electron chi connectivity index (χ1n) is 6.14. The van der Waals surface area contributed by atoms with Crippen molar-refractivity contribution in [2.24, 2.45) is 11.8 Å². The number of carbonyl (C=O) groups is 2. The van der Waals surface area contributed by atoms with Crippen molar-refractivity contribution >= 4 is 27.8 Å². The molecule has 1 atom stereocenters. The van der Waals surface area contributed by atoms with Gasteiger partial charge in [0.05, 0.1) is 12.3 Å². The summed E-state index contributed by atoms with van der Waals surface area (Å²) in [5.41, 5.74) is 0.892. The van der Waals surface area contributed by atoms with E-state index in [-0.39, 0.29) is 24.8 Å². The molecule has 0 heterocycles.